The minimum absolute atomic E-state index is 0.183. The number of likely N-dealkylation sites (tertiary alicyclic amines) is 1. The number of nitrogens with two attached hydrogens (primary N) is 1. The van der Waals surface area contributed by atoms with Crippen molar-refractivity contribution in [2.75, 3.05) is 13.1 Å². The second-order valence-electron chi connectivity index (χ2n) is 5.83. The summed E-state index contributed by atoms with van der Waals surface area (Å²) in [4.78, 5) is 14.3. The first kappa shape index (κ1) is 15.0. The molecule has 0 saturated carbocycles. The van der Waals surface area contributed by atoms with Gasteiger partial charge in [-0.25, -0.2) is 0 Å². The molecule has 2 N–H and O–H groups in total. The highest BCUT2D eigenvalue weighted by Gasteiger charge is 2.23. The summed E-state index contributed by atoms with van der Waals surface area (Å²) in [6.07, 6.45) is 5.27. The van der Waals surface area contributed by atoms with Crippen LogP contribution in [0.3, 0.4) is 0 Å². The number of nitrogens with zero attached hydrogens (tertiary/aromatic N) is 1. The maximum Gasteiger partial charge on any atom is 0.224 e. The van der Waals surface area contributed by atoms with Crippen LogP contribution in [0.2, 0.25) is 0 Å². The molecule has 110 valence electrons. The van der Waals surface area contributed by atoms with Crippen molar-refractivity contribution in [1.82, 2.24) is 4.90 Å². The van der Waals surface area contributed by atoms with Crippen LogP contribution in [0, 0.1) is 5.92 Å². The summed E-state index contributed by atoms with van der Waals surface area (Å²) in [7, 11) is 0. The van der Waals surface area contributed by atoms with Gasteiger partial charge in [0.1, 0.15) is 0 Å². The second-order valence-corrected chi connectivity index (χ2v) is 5.83. The van der Waals surface area contributed by atoms with Crippen LogP contribution in [0.25, 0.3) is 0 Å². The van der Waals surface area contributed by atoms with E-state index in [9.17, 15) is 4.79 Å². The Morgan fingerprint density at radius 1 is 1.30 bits per heavy atom. The molecule has 1 saturated heterocycles. The summed E-state index contributed by atoms with van der Waals surface area (Å²) in [5.41, 5.74) is 7.17. The van der Waals surface area contributed by atoms with Gasteiger partial charge in [-0.2, -0.15) is 0 Å². The van der Waals surface area contributed by atoms with Gasteiger partial charge < -0.3 is 10.6 Å². The zero-order chi connectivity index (χ0) is 14.4. The number of benzene rings is 1. The smallest absolute Gasteiger partial charge is 0.224 e. The topological polar surface area (TPSA) is 46.3 Å². The van der Waals surface area contributed by atoms with Crippen molar-refractivity contribution in [3.63, 3.8) is 0 Å². The molecule has 1 fully saturated rings. The van der Waals surface area contributed by atoms with Crippen LogP contribution < -0.4 is 5.73 Å². The summed E-state index contributed by atoms with van der Waals surface area (Å²) >= 11 is 0. The van der Waals surface area contributed by atoms with Crippen LogP contribution in [0.1, 0.15) is 50.6 Å². The molecule has 3 nitrogen and oxygen atoms in total. The molecule has 3 heteroatoms. The minimum Gasteiger partial charge on any atom is -0.343 e. The van der Waals surface area contributed by atoms with Crippen molar-refractivity contribution in [2.45, 2.75) is 45.1 Å². The third kappa shape index (κ3) is 4.07. The van der Waals surface area contributed by atoms with E-state index in [1.807, 2.05) is 35.2 Å². The molecule has 1 aromatic carbocycles. The van der Waals surface area contributed by atoms with Crippen LogP contribution in [0.15, 0.2) is 30.3 Å². The SMILES string of the molecule is CCCC1CCN(C(=O)CC(N)c2ccccc2)CC1. The first-order valence-corrected chi connectivity index (χ1v) is 7.79. The number of piperidine rings is 1. The summed E-state index contributed by atoms with van der Waals surface area (Å²) in [5.74, 6) is 1.02. The maximum absolute atomic E-state index is 12.3. The van der Waals surface area contributed by atoms with Gasteiger partial charge in [0.05, 0.1) is 0 Å². The minimum atomic E-state index is -0.183. The normalized spacial score (nSPS) is 18.0. The van der Waals surface area contributed by atoms with E-state index in [1.165, 1.54) is 12.8 Å². The van der Waals surface area contributed by atoms with Gasteiger partial charge in [0.2, 0.25) is 5.91 Å². The van der Waals surface area contributed by atoms with Gasteiger partial charge in [-0.05, 0) is 24.3 Å². The summed E-state index contributed by atoms with van der Waals surface area (Å²) in [6, 6.07) is 9.70. The standard InChI is InChI=1S/C17H26N2O/c1-2-6-14-9-11-19(12-10-14)17(20)13-16(18)15-7-4-3-5-8-15/h3-5,7-8,14,16H,2,6,9-13,18H2,1H3. The Bertz CT molecular complexity index is 410. The van der Waals surface area contributed by atoms with Gasteiger partial charge in [-0.3, -0.25) is 4.79 Å². The molecular formula is C17H26N2O. The molecule has 0 spiro atoms. The summed E-state index contributed by atoms with van der Waals surface area (Å²) < 4.78 is 0. The molecule has 1 heterocycles. The molecule has 0 bridgehead atoms. The van der Waals surface area contributed by atoms with Gasteiger partial charge in [0, 0.05) is 25.6 Å². The second kappa shape index (κ2) is 7.44. The zero-order valence-corrected chi connectivity index (χ0v) is 12.4. The van der Waals surface area contributed by atoms with E-state index < -0.39 is 0 Å². The van der Waals surface area contributed by atoms with Gasteiger partial charge in [0.15, 0.2) is 0 Å². The fourth-order valence-electron chi connectivity index (χ4n) is 3.01. The van der Waals surface area contributed by atoms with Gasteiger partial charge in [-0.15, -0.1) is 0 Å². The summed E-state index contributed by atoms with van der Waals surface area (Å²) in [5, 5.41) is 0. The van der Waals surface area contributed by atoms with Gasteiger partial charge in [0.25, 0.3) is 0 Å². The lowest BCUT2D eigenvalue weighted by Gasteiger charge is -2.32. The molecule has 0 aliphatic carbocycles. The molecule has 1 atom stereocenters. The first-order valence-electron chi connectivity index (χ1n) is 7.79. The Balaban J connectivity index is 1.81. The van der Waals surface area contributed by atoms with Crippen molar-refractivity contribution in [2.24, 2.45) is 11.7 Å². The molecule has 1 aliphatic rings. The third-order valence-electron chi connectivity index (χ3n) is 4.29. The molecule has 1 aliphatic heterocycles. The molecule has 2 rings (SSSR count). The molecule has 20 heavy (non-hydrogen) atoms. The number of amides is 1. The summed E-state index contributed by atoms with van der Waals surface area (Å²) in [6.45, 7) is 4.05. The highest BCUT2D eigenvalue weighted by atomic mass is 16.2. The quantitative estimate of drug-likeness (QED) is 0.896. The molecule has 0 aromatic heterocycles. The molecule has 1 aromatic rings. The molecular weight excluding hydrogens is 248 g/mol. The van der Waals surface area contributed by atoms with E-state index in [4.69, 9.17) is 5.73 Å². The molecule has 1 amide bonds. The van der Waals surface area contributed by atoms with Crippen molar-refractivity contribution in [1.29, 1.82) is 0 Å². The largest absolute Gasteiger partial charge is 0.343 e. The lowest BCUT2D eigenvalue weighted by Crippen LogP contribution is -2.39. The zero-order valence-electron chi connectivity index (χ0n) is 12.4. The van der Waals surface area contributed by atoms with Crippen molar-refractivity contribution >= 4 is 5.91 Å². The van der Waals surface area contributed by atoms with E-state index in [2.05, 4.69) is 6.92 Å². The fourth-order valence-corrected chi connectivity index (χ4v) is 3.01. The monoisotopic (exact) mass is 274 g/mol. The third-order valence-corrected chi connectivity index (χ3v) is 4.29. The van der Waals surface area contributed by atoms with Crippen LogP contribution in [-0.4, -0.2) is 23.9 Å². The highest BCUT2D eigenvalue weighted by molar-refractivity contribution is 5.77. The Hall–Kier alpha value is -1.35. The Kier molecular flexibility index (Phi) is 5.60. The number of rotatable bonds is 5. The van der Waals surface area contributed by atoms with Crippen LogP contribution in [0.4, 0.5) is 0 Å². The predicted molar refractivity (Wildman–Crippen MR) is 82.2 cm³/mol. The highest BCUT2D eigenvalue weighted by Crippen LogP contribution is 2.23. The van der Waals surface area contributed by atoms with Crippen molar-refractivity contribution in [3.8, 4) is 0 Å². The average Bonchev–Trinajstić information content (AvgIpc) is 2.49. The number of carbonyl (C=O) groups excluding carboxylic acids is 1. The van der Waals surface area contributed by atoms with E-state index in [0.29, 0.717) is 6.42 Å². The average molecular weight is 274 g/mol. The molecule has 1 unspecified atom stereocenters. The van der Waals surface area contributed by atoms with E-state index in [-0.39, 0.29) is 11.9 Å². The maximum atomic E-state index is 12.3. The predicted octanol–water partition coefficient (Wildman–Crippen LogP) is 3.12. The van der Waals surface area contributed by atoms with E-state index in [1.54, 1.807) is 0 Å². The Morgan fingerprint density at radius 2 is 1.95 bits per heavy atom. The van der Waals surface area contributed by atoms with Crippen LogP contribution in [0.5, 0.6) is 0 Å². The fraction of sp³-hybridized carbons (Fsp3) is 0.588. The number of hydrogen-bond donors (Lipinski definition) is 1. The van der Waals surface area contributed by atoms with E-state index >= 15 is 0 Å². The van der Waals surface area contributed by atoms with Crippen molar-refractivity contribution in [3.05, 3.63) is 35.9 Å². The number of carbonyl (C=O) groups is 1. The van der Waals surface area contributed by atoms with Crippen LogP contribution >= 0.6 is 0 Å². The first-order chi connectivity index (χ1) is 9.70. The van der Waals surface area contributed by atoms with Crippen LogP contribution in [-0.2, 0) is 4.79 Å². The lowest BCUT2D eigenvalue weighted by molar-refractivity contribution is -0.133. The Morgan fingerprint density at radius 3 is 2.55 bits per heavy atom. The van der Waals surface area contributed by atoms with E-state index in [0.717, 1.165) is 37.4 Å². The Labute approximate surface area is 122 Å². The van der Waals surface area contributed by atoms with Gasteiger partial charge in [-0.1, -0.05) is 50.1 Å². The number of hydrogen-bond acceptors (Lipinski definition) is 2. The van der Waals surface area contributed by atoms with Crippen molar-refractivity contribution < 1.29 is 4.79 Å². The van der Waals surface area contributed by atoms with Gasteiger partial charge >= 0.3 is 0 Å². The lowest BCUT2D eigenvalue weighted by atomic mass is 9.92. The molecule has 0 radical (unpaired) electrons.